The van der Waals surface area contributed by atoms with Crippen molar-refractivity contribution in [2.75, 3.05) is 26.1 Å². The van der Waals surface area contributed by atoms with Crippen LogP contribution >= 0.6 is 0 Å². The van der Waals surface area contributed by atoms with Crippen molar-refractivity contribution < 1.29 is 19.1 Å². The third kappa shape index (κ3) is 4.33. The lowest BCUT2D eigenvalue weighted by Crippen LogP contribution is -2.23. The van der Waals surface area contributed by atoms with Crippen LogP contribution in [0, 0.1) is 0 Å². The van der Waals surface area contributed by atoms with Crippen LogP contribution in [-0.4, -0.2) is 32.6 Å². The Bertz CT molecular complexity index is 802. The lowest BCUT2D eigenvalue weighted by atomic mass is 10.0. The lowest BCUT2D eigenvalue weighted by Gasteiger charge is -2.14. The third-order valence-corrected chi connectivity index (χ3v) is 3.95. The van der Waals surface area contributed by atoms with Crippen LogP contribution in [0.2, 0.25) is 0 Å². The van der Waals surface area contributed by atoms with E-state index >= 15 is 0 Å². The molecule has 0 atom stereocenters. The number of rotatable bonds is 7. The molecule has 2 N–H and O–H groups in total. The van der Waals surface area contributed by atoms with Gasteiger partial charge in [-0.25, -0.2) is 0 Å². The van der Waals surface area contributed by atoms with E-state index in [1.165, 1.54) is 7.11 Å². The number of carbonyl (C=O) groups is 2. The van der Waals surface area contributed by atoms with Crippen molar-refractivity contribution in [3.05, 3.63) is 53.1 Å². The van der Waals surface area contributed by atoms with Crippen LogP contribution < -0.4 is 20.1 Å². The molecule has 0 saturated heterocycles. The second-order valence-corrected chi connectivity index (χ2v) is 5.61. The molecule has 138 valence electrons. The average Bonchev–Trinajstić information content (AvgIpc) is 2.67. The van der Waals surface area contributed by atoms with E-state index in [1.54, 1.807) is 43.5 Å². The smallest absolute Gasteiger partial charge is 0.256 e. The molecule has 0 bridgehead atoms. The molecule has 6 heteroatoms. The predicted octanol–water partition coefficient (Wildman–Crippen LogP) is 3.27. The van der Waals surface area contributed by atoms with Gasteiger partial charge in [0.15, 0.2) is 11.5 Å². The monoisotopic (exact) mass is 356 g/mol. The first-order chi connectivity index (χ1) is 12.5. The molecule has 0 saturated carbocycles. The second-order valence-electron chi connectivity index (χ2n) is 5.61. The largest absolute Gasteiger partial charge is 0.493 e. The lowest BCUT2D eigenvalue weighted by molar-refractivity contribution is 0.0954. The molecule has 0 heterocycles. The fourth-order valence-corrected chi connectivity index (χ4v) is 2.62. The number of hydrogen-bond donors (Lipinski definition) is 2. The zero-order chi connectivity index (χ0) is 19.1. The van der Waals surface area contributed by atoms with Gasteiger partial charge in [0.2, 0.25) is 0 Å². The average molecular weight is 356 g/mol. The minimum absolute atomic E-state index is 0.177. The Morgan fingerprint density at radius 2 is 1.65 bits per heavy atom. The molecule has 0 aliphatic heterocycles. The number of amides is 2. The highest BCUT2D eigenvalue weighted by Gasteiger charge is 2.16. The first-order valence-corrected chi connectivity index (χ1v) is 8.48. The van der Waals surface area contributed by atoms with Gasteiger partial charge in [0, 0.05) is 23.4 Å². The van der Waals surface area contributed by atoms with Crippen molar-refractivity contribution in [3.63, 3.8) is 0 Å². The van der Waals surface area contributed by atoms with Gasteiger partial charge in [-0.15, -0.1) is 0 Å². The third-order valence-electron chi connectivity index (χ3n) is 3.95. The van der Waals surface area contributed by atoms with Crippen molar-refractivity contribution >= 4 is 17.5 Å². The Labute approximate surface area is 153 Å². The van der Waals surface area contributed by atoms with E-state index in [0.29, 0.717) is 41.3 Å². The van der Waals surface area contributed by atoms with E-state index in [-0.39, 0.29) is 11.8 Å². The first-order valence-electron chi connectivity index (χ1n) is 8.48. The molecular weight excluding hydrogens is 332 g/mol. The molecule has 2 rings (SSSR count). The molecule has 0 unspecified atom stereocenters. The Hall–Kier alpha value is -3.02. The summed E-state index contributed by atoms with van der Waals surface area (Å²) in [5.41, 5.74) is 2.40. The van der Waals surface area contributed by atoms with E-state index in [0.717, 1.165) is 5.56 Å². The summed E-state index contributed by atoms with van der Waals surface area (Å²) in [5.74, 6) is 0.630. The summed E-state index contributed by atoms with van der Waals surface area (Å²) in [6.45, 7) is 4.36. The van der Waals surface area contributed by atoms with Crippen LogP contribution in [0.25, 0.3) is 0 Å². The number of methoxy groups -OCH3 is 2. The molecule has 2 aromatic rings. The minimum atomic E-state index is -0.268. The van der Waals surface area contributed by atoms with E-state index in [1.807, 2.05) is 13.8 Å². The highest BCUT2D eigenvalue weighted by atomic mass is 16.5. The van der Waals surface area contributed by atoms with Crippen molar-refractivity contribution in [2.45, 2.75) is 20.3 Å². The molecule has 2 aromatic carbocycles. The molecule has 2 amide bonds. The highest BCUT2D eigenvalue weighted by Crippen LogP contribution is 2.31. The summed E-state index contributed by atoms with van der Waals surface area (Å²) < 4.78 is 10.6. The van der Waals surface area contributed by atoms with Crippen molar-refractivity contribution in [1.29, 1.82) is 0 Å². The Morgan fingerprint density at radius 1 is 0.962 bits per heavy atom. The fourth-order valence-electron chi connectivity index (χ4n) is 2.62. The molecule has 0 aromatic heterocycles. The van der Waals surface area contributed by atoms with Crippen LogP contribution in [0.15, 0.2) is 36.4 Å². The molecule has 0 fully saturated rings. The SMILES string of the molecule is CCNC(=O)c1cccc(NC(=O)c2cc(OC)c(OC)cc2CC)c1. The number of ether oxygens (including phenoxy) is 2. The summed E-state index contributed by atoms with van der Waals surface area (Å²) >= 11 is 0. The molecule has 0 aliphatic rings. The summed E-state index contributed by atoms with van der Waals surface area (Å²) in [6.07, 6.45) is 0.669. The van der Waals surface area contributed by atoms with Gasteiger partial charge in [0.25, 0.3) is 11.8 Å². The fraction of sp³-hybridized carbons (Fsp3) is 0.300. The van der Waals surface area contributed by atoms with Gasteiger partial charge < -0.3 is 20.1 Å². The van der Waals surface area contributed by atoms with Crippen LogP contribution in [0.4, 0.5) is 5.69 Å². The standard InChI is InChI=1S/C20H24N2O4/c1-5-13-11-17(25-3)18(26-4)12-16(13)20(24)22-15-9-7-8-14(10-15)19(23)21-6-2/h7-12H,5-6H2,1-4H3,(H,21,23)(H,22,24). The van der Waals surface area contributed by atoms with Crippen molar-refractivity contribution in [3.8, 4) is 11.5 Å². The molecule has 6 nitrogen and oxygen atoms in total. The van der Waals surface area contributed by atoms with E-state index in [9.17, 15) is 9.59 Å². The first kappa shape index (κ1) is 19.3. The second kappa shape index (κ2) is 8.89. The van der Waals surface area contributed by atoms with Gasteiger partial charge in [-0.3, -0.25) is 9.59 Å². The Morgan fingerprint density at radius 3 is 2.27 bits per heavy atom. The van der Waals surface area contributed by atoms with Crippen LogP contribution in [-0.2, 0) is 6.42 Å². The van der Waals surface area contributed by atoms with Crippen molar-refractivity contribution in [1.82, 2.24) is 5.32 Å². The zero-order valence-electron chi connectivity index (χ0n) is 15.5. The molecule has 26 heavy (non-hydrogen) atoms. The molecular formula is C20H24N2O4. The van der Waals surface area contributed by atoms with Crippen LogP contribution in [0.5, 0.6) is 11.5 Å². The van der Waals surface area contributed by atoms with Crippen LogP contribution in [0.1, 0.15) is 40.1 Å². The molecule has 0 spiro atoms. The molecule has 0 aliphatic carbocycles. The number of hydrogen-bond acceptors (Lipinski definition) is 4. The van der Waals surface area contributed by atoms with Gasteiger partial charge in [0.05, 0.1) is 14.2 Å². The van der Waals surface area contributed by atoms with Gasteiger partial charge >= 0.3 is 0 Å². The highest BCUT2D eigenvalue weighted by molar-refractivity contribution is 6.06. The van der Waals surface area contributed by atoms with Gasteiger partial charge in [-0.1, -0.05) is 13.0 Å². The maximum atomic E-state index is 12.8. The number of anilines is 1. The zero-order valence-corrected chi connectivity index (χ0v) is 15.5. The number of aryl methyl sites for hydroxylation is 1. The number of carbonyl (C=O) groups excluding carboxylic acids is 2. The topological polar surface area (TPSA) is 76.7 Å². The van der Waals surface area contributed by atoms with Crippen molar-refractivity contribution in [2.24, 2.45) is 0 Å². The maximum absolute atomic E-state index is 12.8. The minimum Gasteiger partial charge on any atom is -0.493 e. The van der Waals surface area contributed by atoms with E-state index in [2.05, 4.69) is 10.6 Å². The number of benzene rings is 2. The predicted molar refractivity (Wildman–Crippen MR) is 101 cm³/mol. The summed E-state index contributed by atoms with van der Waals surface area (Å²) in [7, 11) is 3.09. The quantitative estimate of drug-likeness (QED) is 0.798. The summed E-state index contributed by atoms with van der Waals surface area (Å²) in [5, 5.41) is 5.58. The van der Waals surface area contributed by atoms with E-state index < -0.39 is 0 Å². The normalized spacial score (nSPS) is 10.2. The maximum Gasteiger partial charge on any atom is 0.256 e. The Kier molecular flexibility index (Phi) is 6.60. The van der Waals surface area contributed by atoms with Gasteiger partial charge in [0.1, 0.15) is 0 Å². The molecule has 0 radical (unpaired) electrons. The summed E-state index contributed by atoms with van der Waals surface area (Å²) in [6, 6.07) is 10.3. The van der Waals surface area contributed by atoms with Crippen LogP contribution in [0.3, 0.4) is 0 Å². The van der Waals surface area contributed by atoms with E-state index in [4.69, 9.17) is 9.47 Å². The number of nitrogens with one attached hydrogen (secondary N) is 2. The van der Waals surface area contributed by atoms with Gasteiger partial charge in [-0.05, 0) is 49.2 Å². The van der Waals surface area contributed by atoms with Gasteiger partial charge in [-0.2, -0.15) is 0 Å². The summed E-state index contributed by atoms with van der Waals surface area (Å²) in [4.78, 5) is 24.7. The Balaban J connectivity index is 2.30.